The van der Waals surface area contributed by atoms with Crippen LogP contribution >= 0.6 is 34.4 Å². The Labute approximate surface area is 126 Å². The average Bonchev–Trinajstić information content (AvgIpc) is 2.44. The third-order valence-corrected chi connectivity index (χ3v) is 5.79. The first-order valence-corrected chi connectivity index (χ1v) is 8.52. The van der Waals surface area contributed by atoms with Crippen LogP contribution in [-0.2, 0) is 6.42 Å². The molecule has 1 atom stereocenters. The van der Waals surface area contributed by atoms with E-state index >= 15 is 0 Å². The van der Waals surface area contributed by atoms with E-state index in [1.807, 2.05) is 11.8 Å². The first-order chi connectivity index (χ1) is 8.83. The highest BCUT2D eigenvalue weighted by Crippen LogP contribution is 2.34. The normalized spacial score (nSPS) is 19.1. The minimum absolute atomic E-state index is 0.459. The first kappa shape index (κ1) is 12.5. The summed E-state index contributed by atoms with van der Waals surface area (Å²) in [5.41, 5.74) is 4.32. The summed E-state index contributed by atoms with van der Waals surface area (Å²) in [6, 6.07) is 18.1. The summed E-state index contributed by atoms with van der Waals surface area (Å²) < 4.78 is 0.459. The molecule has 92 valence electrons. The Hall–Kier alpha value is -0.480. The molecule has 2 aromatic rings. The van der Waals surface area contributed by atoms with Crippen molar-refractivity contribution in [2.75, 3.05) is 5.75 Å². The first-order valence-electron chi connectivity index (χ1n) is 6.28. The van der Waals surface area contributed by atoms with Gasteiger partial charge in [0.2, 0.25) is 0 Å². The molecular formula is C16H15IS. The Morgan fingerprint density at radius 3 is 2.67 bits per heavy atom. The maximum atomic E-state index is 2.55. The summed E-state index contributed by atoms with van der Waals surface area (Å²) in [7, 11) is 0. The highest BCUT2D eigenvalue weighted by atomic mass is 127. The monoisotopic (exact) mass is 366 g/mol. The smallest absolute Gasteiger partial charge is 0.0609 e. The number of thioether (sulfide) groups is 1. The van der Waals surface area contributed by atoms with Crippen LogP contribution in [0.5, 0.6) is 0 Å². The predicted molar refractivity (Wildman–Crippen MR) is 87.8 cm³/mol. The largest absolute Gasteiger partial charge is 0.126 e. The van der Waals surface area contributed by atoms with Crippen molar-refractivity contribution in [2.24, 2.45) is 0 Å². The number of fused-ring (bicyclic) bond motifs is 4. The standard InChI is InChI=1S/C16H15IS/c17-16-13-6-1-4-12(10-13)5-3-9-18-15-8-2-7-14(16)11-15/h1-2,4,6-8,10-11,16H,3,5,9H2/t16-/m1/s1. The second kappa shape index (κ2) is 5.66. The van der Waals surface area contributed by atoms with Gasteiger partial charge in [0.1, 0.15) is 0 Å². The maximum Gasteiger partial charge on any atom is 0.0609 e. The predicted octanol–water partition coefficient (Wildman–Crippen LogP) is 5.25. The van der Waals surface area contributed by atoms with Crippen molar-refractivity contribution in [2.45, 2.75) is 21.7 Å². The van der Waals surface area contributed by atoms with Gasteiger partial charge < -0.3 is 0 Å². The molecule has 0 aromatic heterocycles. The highest BCUT2D eigenvalue weighted by Gasteiger charge is 2.12. The molecular weight excluding hydrogens is 351 g/mol. The Bertz CT molecular complexity index is 501. The molecule has 0 saturated carbocycles. The van der Waals surface area contributed by atoms with E-state index in [2.05, 4.69) is 71.1 Å². The summed E-state index contributed by atoms with van der Waals surface area (Å²) >= 11 is 4.53. The van der Waals surface area contributed by atoms with E-state index in [0.29, 0.717) is 3.92 Å². The van der Waals surface area contributed by atoms with Crippen LogP contribution in [0, 0.1) is 0 Å². The van der Waals surface area contributed by atoms with Crippen molar-refractivity contribution in [3.63, 3.8) is 0 Å². The van der Waals surface area contributed by atoms with Gasteiger partial charge >= 0.3 is 0 Å². The van der Waals surface area contributed by atoms with Gasteiger partial charge in [0.25, 0.3) is 0 Å². The lowest BCUT2D eigenvalue weighted by atomic mass is 10.0. The average molecular weight is 366 g/mol. The lowest BCUT2D eigenvalue weighted by molar-refractivity contribution is 0.930. The van der Waals surface area contributed by atoms with Crippen molar-refractivity contribution in [1.82, 2.24) is 0 Å². The van der Waals surface area contributed by atoms with E-state index in [9.17, 15) is 0 Å². The SMILES string of the molecule is I[C@@H]1c2cccc(c2)CCCSc2cccc1c2. The summed E-state index contributed by atoms with van der Waals surface area (Å²) in [6.07, 6.45) is 2.45. The van der Waals surface area contributed by atoms with Crippen LogP contribution in [0.25, 0.3) is 0 Å². The fraction of sp³-hybridized carbons (Fsp3) is 0.250. The van der Waals surface area contributed by atoms with E-state index < -0.39 is 0 Å². The summed E-state index contributed by atoms with van der Waals surface area (Å²) in [5.74, 6) is 1.21. The van der Waals surface area contributed by atoms with Gasteiger partial charge in [0.05, 0.1) is 3.92 Å². The second-order valence-corrected chi connectivity index (χ2v) is 7.05. The van der Waals surface area contributed by atoms with E-state index in [0.717, 1.165) is 0 Å². The molecule has 0 amide bonds. The minimum atomic E-state index is 0.459. The topological polar surface area (TPSA) is 0 Å². The van der Waals surface area contributed by atoms with Crippen LogP contribution in [0.1, 0.15) is 27.0 Å². The fourth-order valence-electron chi connectivity index (χ4n) is 2.33. The highest BCUT2D eigenvalue weighted by molar-refractivity contribution is 14.1. The zero-order valence-corrected chi connectivity index (χ0v) is 13.1. The minimum Gasteiger partial charge on any atom is -0.126 e. The van der Waals surface area contributed by atoms with Gasteiger partial charge in [-0.25, -0.2) is 0 Å². The summed E-state index contributed by atoms with van der Waals surface area (Å²) in [4.78, 5) is 1.41. The number of aryl methyl sites for hydroxylation is 1. The molecule has 1 aliphatic heterocycles. The maximum absolute atomic E-state index is 2.55. The lowest BCUT2D eigenvalue weighted by Gasteiger charge is -2.12. The van der Waals surface area contributed by atoms with E-state index in [1.54, 1.807) is 0 Å². The van der Waals surface area contributed by atoms with Gasteiger partial charge in [0.15, 0.2) is 0 Å². The molecule has 3 rings (SSSR count). The molecule has 0 nitrogen and oxygen atoms in total. The van der Waals surface area contributed by atoms with Crippen molar-refractivity contribution in [1.29, 1.82) is 0 Å². The molecule has 0 radical (unpaired) electrons. The quantitative estimate of drug-likeness (QED) is 0.453. The number of hydrogen-bond donors (Lipinski definition) is 0. The van der Waals surface area contributed by atoms with E-state index in [4.69, 9.17) is 0 Å². The number of benzene rings is 2. The zero-order chi connectivity index (χ0) is 12.4. The molecule has 1 heterocycles. The van der Waals surface area contributed by atoms with Crippen molar-refractivity contribution in [3.8, 4) is 0 Å². The van der Waals surface area contributed by atoms with Crippen LogP contribution in [0.3, 0.4) is 0 Å². The van der Waals surface area contributed by atoms with Crippen LogP contribution in [-0.4, -0.2) is 5.75 Å². The molecule has 0 spiro atoms. The molecule has 0 fully saturated rings. The van der Waals surface area contributed by atoms with Crippen molar-refractivity contribution >= 4 is 34.4 Å². The van der Waals surface area contributed by atoms with Crippen LogP contribution < -0.4 is 0 Å². The molecule has 0 unspecified atom stereocenters. The molecule has 4 bridgehead atoms. The Kier molecular flexibility index (Phi) is 3.94. The molecule has 2 heteroatoms. The van der Waals surface area contributed by atoms with Crippen molar-refractivity contribution in [3.05, 3.63) is 65.2 Å². The number of alkyl halides is 1. The molecule has 1 aliphatic rings. The third kappa shape index (κ3) is 2.75. The van der Waals surface area contributed by atoms with E-state index in [-0.39, 0.29) is 0 Å². The summed E-state index contributed by atoms with van der Waals surface area (Å²) in [6.45, 7) is 0. The van der Waals surface area contributed by atoms with Gasteiger partial charge in [-0.3, -0.25) is 0 Å². The lowest BCUT2D eigenvalue weighted by Crippen LogP contribution is -1.94. The number of hydrogen-bond acceptors (Lipinski definition) is 1. The number of halogens is 1. The van der Waals surface area contributed by atoms with Crippen LogP contribution in [0.15, 0.2) is 53.4 Å². The fourth-order valence-corrected chi connectivity index (χ4v) is 4.02. The Balaban J connectivity index is 2.06. The molecule has 2 aromatic carbocycles. The molecule has 0 aliphatic carbocycles. The molecule has 0 saturated heterocycles. The second-order valence-electron chi connectivity index (χ2n) is 4.63. The van der Waals surface area contributed by atoms with Gasteiger partial charge in [0, 0.05) is 4.90 Å². The zero-order valence-electron chi connectivity index (χ0n) is 10.1. The van der Waals surface area contributed by atoms with E-state index in [1.165, 1.54) is 40.2 Å². The molecule has 18 heavy (non-hydrogen) atoms. The van der Waals surface area contributed by atoms with Crippen LogP contribution in [0.4, 0.5) is 0 Å². The summed E-state index contributed by atoms with van der Waals surface area (Å²) in [5, 5.41) is 0. The van der Waals surface area contributed by atoms with Gasteiger partial charge in [-0.15, -0.1) is 11.8 Å². The Morgan fingerprint density at radius 1 is 1.00 bits per heavy atom. The third-order valence-electron chi connectivity index (χ3n) is 3.27. The molecule has 0 N–H and O–H groups in total. The van der Waals surface area contributed by atoms with Crippen LogP contribution in [0.2, 0.25) is 0 Å². The van der Waals surface area contributed by atoms with Gasteiger partial charge in [-0.1, -0.05) is 59.0 Å². The van der Waals surface area contributed by atoms with Crippen molar-refractivity contribution < 1.29 is 0 Å². The van der Waals surface area contributed by atoms with Gasteiger partial charge in [-0.2, -0.15) is 0 Å². The Morgan fingerprint density at radius 2 is 1.78 bits per heavy atom. The van der Waals surface area contributed by atoms with Gasteiger partial charge in [-0.05, 0) is 47.4 Å². The number of rotatable bonds is 0.